The first-order valence-corrected chi connectivity index (χ1v) is 9.83. The Morgan fingerprint density at radius 3 is 2.24 bits per heavy atom. The number of ether oxygens (including phenoxy) is 1. The molecule has 3 rings (SSSR count). The Hall–Kier alpha value is -2.90. The molecule has 0 atom stereocenters. The molecule has 0 unspecified atom stereocenters. The van der Waals surface area contributed by atoms with Gasteiger partial charge in [0.05, 0.1) is 12.2 Å². The van der Waals surface area contributed by atoms with Crippen LogP contribution in [0.5, 0.6) is 0 Å². The van der Waals surface area contributed by atoms with Gasteiger partial charge in [-0.2, -0.15) is 0 Å². The van der Waals surface area contributed by atoms with E-state index in [1.165, 1.54) is 0 Å². The zero-order chi connectivity index (χ0) is 20.6. The first-order valence-electron chi connectivity index (χ1n) is 9.83. The van der Waals surface area contributed by atoms with Crippen LogP contribution >= 0.6 is 0 Å². The van der Waals surface area contributed by atoms with Gasteiger partial charge in [-0.15, -0.1) is 0 Å². The van der Waals surface area contributed by atoms with Crippen LogP contribution in [-0.4, -0.2) is 61.2 Å². The number of hydrogen-bond donors (Lipinski definition) is 2. The fourth-order valence-corrected chi connectivity index (χ4v) is 3.24. The Kier molecular flexibility index (Phi) is 7.21. The lowest BCUT2D eigenvalue weighted by Gasteiger charge is -2.35. The molecule has 1 amide bonds. The molecule has 1 saturated heterocycles. The molecule has 0 spiro atoms. The zero-order valence-electron chi connectivity index (χ0n) is 16.6. The van der Waals surface area contributed by atoms with Crippen LogP contribution in [0.15, 0.2) is 48.5 Å². The molecule has 154 valence electrons. The third kappa shape index (κ3) is 5.79. The number of benzene rings is 2. The highest BCUT2D eigenvalue weighted by Gasteiger charge is 2.16. The van der Waals surface area contributed by atoms with E-state index in [4.69, 9.17) is 9.84 Å². The summed E-state index contributed by atoms with van der Waals surface area (Å²) in [6.07, 6.45) is 0. The number of amides is 1. The minimum Gasteiger partial charge on any atom is -0.452 e. The lowest BCUT2D eigenvalue weighted by Crippen LogP contribution is -2.46. The fourth-order valence-electron chi connectivity index (χ4n) is 3.24. The van der Waals surface area contributed by atoms with Crippen molar-refractivity contribution in [2.24, 2.45) is 0 Å². The molecule has 0 aromatic heterocycles. The van der Waals surface area contributed by atoms with Crippen LogP contribution in [0.2, 0.25) is 0 Å². The van der Waals surface area contributed by atoms with Gasteiger partial charge in [0.2, 0.25) is 0 Å². The van der Waals surface area contributed by atoms with Gasteiger partial charge in [0.15, 0.2) is 6.61 Å². The molecule has 0 bridgehead atoms. The molecular formula is C22H27N3O4. The molecule has 7 nitrogen and oxygen atoms in total. The van der Waals surface area contributed by atoms with Crippen LogP contribution < -0.4 is 10.2 Å². The lowest BCUT2D eigenvalue weighted by molar-refractivity contribution is -0.119. The molecule has 2 aromatic carbocycles. The molecule has 1 fully saturated rings. The van der Waals surface area contributed by atoms with E-state index in [1.54, 1.807) is 24.3 Å². The Morgan fingerprint density at radius 2 is 1.66 bits per heavy atom. The van der Waals surface area contributed by atoms with Gasteiger partial charge in [-0.1, -0.05) is 19.1 Å². The van der Waals surface area contributed by atoms with E-state index in [2.05, 4.69) is 22.0 Å². The minimum absolute atomic E-state index is 0.0918. The van der Waals surface area contributed by atoms with E-state index in [-0.39, 0.29) is 13.2 Å². The number of anilines is 2. The van der Waals surface area contributed by atoms with Crippen molar-refractivity contribution in [3.63, 3.8) is 0 Å². The van der Waals surface area contributed by atoms with Gasteiger partial charge in [-0.3, -0.25) is 4.79 Å². The van der Waals surface area contributed by atoms with Crippen molar-refractivity contribution in [1.29, 1.82) is 0 Å². The summed E-state index contributed by atoms with van der Waals surface area (Å²) in [6.45, 7) is 6.91. The summed E-state index contributed by atoms with van der Waals surface area (Å²) in [6, 6.07) is 14.1. The molecule has 2 aromatic rings. The highest BCUT2D eigenvalue weighted by Crippen LogP contribution is 2.19. The molecule has 2 N–H and O–H groups in total. The van der Waals surface area contributed by atoms with Gasteiger partial charge >= 0.3 is 5.97 Å². The Labute approximate surface area is 170 Å². The SMILES string of the molecule is CCN1CCN(c2ccc(NC(=O)COC(=O)c3ccc(CO)cc3)cc2)CC1. The number of nitrogens with one attached hydrogen (secondary N) is 1. The second-order valence-corrected chi connectivity index (χ2v) is 6.95. The van der Waals surface area contributed by atoms with Crippen molar-refractivity contribution in [3.8, 4) is 0 Å². The van der Waals surface area contributed by atoms with Gasteiger partial charge in [0.25, 0.3) is 5.91 Å². The summed E-state index contributed by atoms with van der Waals surface area (Å²) in [5.41, 5.74) is 2.84. The van der Waals surface area contributed by atoms with E-state index < -0.39 is 11.9 Å². The summed E-state index contributed by atoms with van der Waals surface area (Å²) in [7, 11) is 0. The number of aliphatic hydroxyl groups is 1. The summed E-state index contributed by atoms with van der Waals surface area (Å²) < 4.78 is 5.05. The molecule has 1 heterocycles. The number of nitrogens with zero attached hydrogens (tertiary/aromatic N) is 2. The van der Waals surface area contributed by atoms with E-state index >= 15 is 0 Å². The van der Waals surface area contributed by atoms with E-state index in [1.807, 2.05) is 24.3 Å². The highest BCUT2D eigenvalue weighted by atomic mass is 16.5. The van der Waals surface area contributed by atoms with Gasteiger partial charge < -0.3 is 25.0 Å². The molecule has 1 aliphatic rings. The maximum atomic E-state index is 12.1. The second kappa shape index (κ2) is 10.0. The Morgan fingerprint density at radius 1 is 1.00 bits per heavy atom. The molecule has 1 aliphatic heterocycles. The van der Waals surface area contributed by atoms with Crippen LogP contribution in [-0.2, 0) is 16.1 Å². The topological polar surface area (TPSA) is 82.1 Å². The monoisotopic (exact) mass is 397 g/mol. The van der Waals surface area contributed by atoms with Gasteiger partial charge in [-0.25, -0.2) is 4.79 Å². The maximum absolute atomic E-state index is 12.1. The first-order chi connectivity index (χ1) is 14.1. The number of carbonyl (C=O) groups is 2. The summed E-state index contributed by atoms with van der Waals surface area (Å²) >= 11 is 0. The van der Waals surface area contributed by atoms with Crippen molar-refractivity contribution in [2.45, 2.75) is 13.5 Å². The molecule has 0 radical (unpaired) electrons. The van der Waals surface area contributed by atoms with Gasteiger partial charge in [0, 0.05) is 37.6 Å². The van der Waals surface area contributed by atoms with Crippen molar-refractivity contribution in [1.82, 2.24) is 4.90 Å². The number of carbonyl (C=O) groups excluding carboxylic acids is 2. The Balaban J connectivity index is 1.46. The van der Waals surface area contributed by atoms with Crippen molar-refractivity contribution < 1.29 is 19.4 Å². The number of esters is 1. The van der Waals surface area contributed by atoms with Gasteiger partial charge in [-0.05, 0) is 48.5 Å². The molecule has 29 heavy (non-hydrogen) atoms. The average Bonchev–Trinajstić information content (AvgIpc) is 2.78. The summed E-state index contributed by atoms with van der Waals surface area (Å²) in [4.78, 5) is 28.8. The molecule has 7 heteroatoms. The number of rotatable bonds is 7. The summed E-state index contributed by atoms with van der Waals surface area (Å²) in [5, 5.41) is 11.8. The summed E-state index contributed by atoms with van der Waals surface area (Å²) in [5.74, 6) is -0.971. The third-order valence-corrected chi connectivity index (χ3v) is 5.04. The molecule has 0 saturated carbocycles. The zero-order valence-corrected chi connectivity index (χ0v) is 16.6. The normalized spacial score (nSPS) is 14.5. The predicted molar refractivity (Wildman–Crippen MR) is 112 cm³/mol. The molecule has 0 aliphatic carbocycles. The van der Waals surface area contributed by atoms with Crippen molar-refractivity contribution in [3.05, 3.63) is 59.7 Å². The van der Waals surface area contributed by atoms with Crippen LogP contribution in [0.4, 0.5) is 11.4 Å². The quantitative estimate of drug-likeness (QED) is 0.697. The number of piperazine rings is 1. The van der Waals surface area contributed by atoms with Crippen LogP contribution in [0.3, 0.4) is 0 Å². The van der Waals surface area contributed by atoms with Crippen LogP contribution in [0, 0.1) is 0 Å². The van der Waals surface area contributed by atoms with E-state index in [0.717, 1.165) is 38.4 Å². The second-order valence-electron chi connectivity index (χ2n) is 6.95. The van der Waals surface area contributed by atoms with Crippen LogP contribution in [0.1, 0.15) is 22.8 Å². The van der Waals surface area contributed by atoms with Crippen LogP contribution in [0.25, 0.3) is 0 Å². The smallest absolute Gasteiger partial charge is 0.338 e. The Bertz CT molecular complexity index is 813. The number of hydrogen-bond acceptors (Lipinski definition) is 6. The first kappa shape index (κ1) is 20.8. The third-order valence-electron chi connectivity index (χ3n) is 5.04. The largest absolute Gasteiger partial charge is 0.452 e. The lowest BCUT2D eigenvalue weighted by atomic mass is 10.1. The molecular weight excluding hydrogens is 370 g/mol. The number of aliphatic hydroxyl groups excluding tert-OH is 1. The number of likely N-dealkylation sites (N-methyl/N-ethyl adjacent to an activating group) is 1. The van der Waals surface area contributed by atoms with Gasteiger partial charge in [0.1, 0.15) is 0 Å². The average molecular weight is 397 g/mol. The van der Waals surface area contributed by atoms with Crippen molar-refractivity contribution in [2.75, 3.05) is 49.5 Å². The predicted octanol–water partition coefficient (Wildman–Crippen LogP) is 2.12. The highest BCUT2D eigenvalue weighted by molar-refractivity contribution is 5.95. The minimum atomic E-state index is -0.578. The maximum Gasteiger partial charge on any atom is 0.338 e. The van der Waals surface area contributed by atoms with Crippen molar-refractivity contribution >= 4 is 23.3 Å². The fraction of sp³-hybridized carbons (Fsp3) is 0.364. The standard InChI is InChI=1S/C22H27N3O4/c1-2-24-11-13-25(14-12-24)20-9-7-19(8-10-20)23-21(27)16-29-22(28)18-5-3-17(15-26)4-6-18/h3-10,26H,2,11-16H2,1H3,(H,23,27). The van der Waals surface area contributed by atoms with E-state index in [0.29, 0.717) is 16.8 Å². The van der Waals surface area contributed by atoms with E-state index in [9.17, 15) is 9.59 Å².